The summed E-state index contributed by atoms with van der Waals surface area (Å²) >= 11 is 0. The lowest BCUT2D eigenvalue weighted by Crippen LogP contribution is -2.36. The number of benzene rings is 1. The number of aryl methyl sites for hydroxylation is 2. The van der Waals surface area contributed by atoms with Gasteiger partial charge in [-0.2, -0.15) is 9.40 Å². The first-order chi connectivity index (χ1) is 12.4. The predicted octanol–water partition coefficient (Wildman–Crippen LogP) is 1.91. The molecule has 3 rings (SSSR count). The second-order valence-electron chi connectivity index (χ2n) is 6.20. The van der Waals surface area contributed by atoms with E-state index >= 15 is 0 Å². The molecule has 0 N–H and O–H groups in total. The molecular formula is C18H23N3O4S. The number of sulfonamides is 1. The molecule has 0 saturated heterocycles. The Bertz CT molecular complexity index is 917. The van der Waals surface area contributed by atoms with E-state index in [9.17, 15) is 13.2 Å². The molecule has 2 aromatic rings. The standard InChI is InChI=1S/C18H23N3O4S/c1-4-13-6-8-14(9-7-13)26(23,24)21-11-10-16-15(12-21)17(19-20(16)3)18(22)25-5-2/h6-9H,4-5,10-12H2,1-3H3. The van der Waals surface area contributed by atoms with Gasteiger partial charge in [-0.05, 0) is 31.0 Å². The molecular weight excluding hydrogens is 354 g/mol. The molecule has 1 aliphatic heterocycles. The third-order valence-electron chi connectivity index (χ3n) is 4.65. The van der Waals surface area contributed by atoms with Gasteiger partial charge in [-0.15, -0.1) is 0 Å². The first-order valence-electron chi connectivity index (χ1n) is 8.69. The number of ether oxygens (including phenoxy) is 1. The Morgan fingerprint density at radius 3 is 2.54 bits per heavy atom. The highest BCUT2D eigenvalue weighted by Crippen LogP contribution is 2.27. The Morgan fingerprint density at radius 2 is 1.92 bits per heavy atom. The van der Waals surface area contributed by atoms with E-state index in [0.29, 0.717) is 18.5 Å². The van der Waals surface area contributed by atoms with Crippen molar-refractivity contribution in [2.45, 2.75) is 38.1 Å². The maximum Gasteiger partial charge on any atom is 0.359 e. The minimum Gasteiger partial charge on any atom is -0.461 e. The lowest BCUT2D eigenvalue weighted by molar-refractivity contribution is 0.0516. The molecule has 1 aromatic heterocycles. The molecule has 0 radical (unpaired) electrons. The van der Waals surface area contributed by atoms with Crippen LogP contribution in [0.1, 0.15) is 41.2 Å². The first kappa shape index (κ1) is 18.6. The van der Waals surface area contributed by atoms with Crippen molar-refractivity contribution < 1.29 is 17.9 Å². The second-order valence-corrected chi connectivity index (χ2v) is 8.14. The van der Waals surface area contributed by atoms with Crippen molar-refractivity contribution in [3.05, 3.63) is 46.8 Å². The van der Waals surface area contributed by atoms with Crippen molar-refractivity contribution in [2.75, 3.05) is 13.2 Å². The fourth-order valence-corrected chi connectivity index (χ4v) is 4.59. The summed E-state index contributed by atoms with van der Waals surface area (Å²) in [6.45, 7) is 4.47. The van der Waals surface area contributed by atoms with Crippen LogP contribution in [0.2, 0.25) is 0 Å². The Kier molecular flexibility index (Phi) is 5.15. The summed E-state index contributed by atoms with van der Waals surface area (Å²) in [5.41, 5.74) is 2.79. The SMILES string of the molecule is CCOC(=O)c1nn(C)c2c1CN(S(=O)(=O)c1ccc(CC)cc1)CC2. The van der Waals surface area contributed by atoms with E-state index in [1.54, 1.807) is 30.8 Å². The van der Waals surface area contributed by atoms with Gasteiger partial charge in [0.15, 0.2) is 5.69 Å². The number of carbonyl (C=O) groups excluding carboxylic acids is 1. The van der Waals surface area contributed by atoms with Crippen molar-refractivity contribution in [3.8, 4) is 0 Å². The number of hydrogen-bond donors (Lipinski definition) is 0. The Morgan fingerprint density at radius 1 is 1.23 bits per heavy atom. The largest absolute Gasteiger partial charge is 0.461 e. The van der Waals surface area contributed by atoms with Crippen LogP contribution < -0.4 is 0 Å². The van der Waals surface area contributed by atoms with Crippen molar-refractivity contribution in [1.82, 2.24) is 14.1 Å². The molecule has 0 bridgehead atoms. The summed E-state index contributed by atoms with van der Waals surface area (Å²) in [6, 6.07) is 6.94. The van der Waals surface area contributed by atoms with Gasteiger partial charge in [0.05, 0.1) is 11.5 Å². The Balaban J connectivity index is 1.92. The fraction of sp³-hybridized carbons (Fsp3) is 0.444. The highest BCUT2D eigenvalue weighted by molar-refractivity contribution is 7.89. The molecule has 140 valence electrons. The summed E-state index contributed by atoms with van der Waals surface area (Å²) in [5.74, 6) is -0.518. The Labute approximate surface area is 153 Å². The Hall–Kier alpha value is -2.19. The van der Waals surface area contributed by atoms with Crippen LogP contribution in [0.5, 0.6) is 0 Å². The summed E-state index contributed by atoms with van der Waals surface area (Å²) < 4.78 is 34.1. The number of fused-ring (bicyclic) bond motifs is 1. The molecule has 0 saturated carbocycles. The topological polar surface area (TPSA) is 81.5 Å². The van der Waals surface area contributed by atoms with Crippen LogP contribution in [0.4, 0.5) is 0 Å². The maximum absolute atomic E-state index is 13.0. The van der Waals surface area contributed by atoms with Gasteiger partial charge >= 0.3 is 5.97 Å². The summed E-state index contributed by atoms with van der Waals surface area (Å²) in [5, 5.41) is 4.24. The lowest BCUT2D eigenvalue weighted by atomic mass is 10.1. The minimum atomic E-state index is -3.63. The van der Waals surface area contributed by atoms with Gasteiger partial charge in [0.1, 0.15) is 0 Å². The number of nitrogens with zero attached hydrogens (tertiary/aromatic N) is 3. The highest BCUT2D eigenvalue weighted by Gasteiger charge is 2.33. The van der Waals surface area contributed by atoms with Crippen LogP contribution in [0.25, 0.3) is 0 Å². The van der Waals surface area contributed by atoms with E-state index in [0.717, 1.165) is 17.7 Å². The normalized spacial score (nSPS) is 14.9. The molecule has 0 atom stereocenters. The number of esters is 1. The van der Waals surface area contributed by atoms with E-state index in [1.807, 2.05) is 19.1 Å². The van der Waals surface area contributed by atoms with Crippen molar-refractivity contribution in [3.63, 3.8) is 0 Å². The maximum atomic E-state index is 13.0. The zero-order chi connectivity index (χ0) is 18.9. The number of hydrogen-bond acceptors (Lipinski definition) is 5. The fourth-order valence-electron chi connectivity index (χ4n) is 3.18. The molecule has 0 fully saturated rings. The molecule has 1 aromatic carbocycles. The molecule has 0 aliphatic carbocycles. The molecule has 26 heavy (non-hydrogen) atoms. The molecule has 1 aliphatic rings. The molecule has 2 heterocycles. The van der Waals surface area contributed by atoms with Gasteiger partial charge in [-0.3, -0.25) is 4.68 Å². The summed E-state index contributed by atoms with van der Waals surface area (Å²) in [7, 11) is -1.87. The zero-order valence-electron chi connectivity index (χ0n) is 15.2. The molecule has 0 unspecified atom stereocenters. The lowest BCUT2D eigenvalue weighted by Gasteiger charge is -2.26. The van der Waals surface area contributed by atoms with Crippen LogP contribution in [0.3, 0.4) is 0 Å². The van der Waals surface area contributed by atoms with Gasteiger partial charge in [0, 0.05) is 37.8 Å². The predicted molar refractivity (Wildman–Crippen MR) is 96.3 cm³/mol. The highest BCUT2D eigenvalue weighted by atomic mass is 32.2. The van der Waals surface area contributed by atoms with Crippen LogP contribution in [0, 0.1) is 0 Å². The molecule has 0 amide bonds. The van der Waals surface area contributed by atoms with E-state index in [1.165, 1.54) is 4.31 Å². The summed E-state index contributed by atoms with van der Waals surface area (Å²) in [4.78, 5) is 12.4. The van der Waals surface area contributed by atoms with Crippen LogP contribution in [-0.4, -0.2) is 41.6 Å². The van der Waals surface area contributed by atoms with E-state index < -0.39 is 16.0 Å². The number of carbonyl (C=O) groups is 1. The molecule has 7 nitrogen and oxygen atoms in total. The smallest absolute Gasteiger partial charge is 0.359 e. The van der Waals surface area contributed by atoms with Crippen molar-refractivity contribution in [1.29, 1.82) is 0 Å². The van der Waals surface area contributed by atoms with E-state index in [-0.39, 0.29) is 23.7 Å². The minimum absolute atomic E-state index is 0.120. The van der Waals surface area contributed by atoms with Crippen LogP contribution in [-0.2, 0) is 41.2 Å². The van der Waals surface area contributed by atoms with E-state index in [2.05, 4.69) is 5.10 Å². The van der Waals surface area contributed by atoms with Crippen molar-refractivity contribution in [2.24, 2.45) is 7.05 Å². The zero-order valence-corrected chi connectivity index (χ0v) is 16.0. The van der Waals surface area contributed by atoms with E-state index in [4.69, 9.17) is 4.74 Å². The quantitative estimate of drug-likeness (QED) is 0.744. The average molecular weight is 377 g/mol. The summed E-state index contributed by atoms with van der Waals surface area (Å²) in [6.07, 6.45) is 1.36. The van der Waals surface area contributed by atoms with Crippen LogP contribution >= 0.6 is 0 Å². The van der Waals surface area contributed by atoms with Gasteiger partial charge in [0.25, 0.3) is 0 Å². The first-order valence-corrected chi connectivity index (χ1v) is 10.1. The third-order valence-corrected chi connectivity index (χ3v) is 6.50. The second kappa shape index (κ2) is 7.20. The third kappa shape index (κ3) is 3.26. The van der Waals surface area contributed by atoms with Crippen LogP contribution in [0.15, 0.2) is 29.2 Å². The van der Waals surface area contributed by atoms with Gasteiger partial charge in [-0.1, -0.05) is 19.1 Å². The van der Waals surface area contributed by atoms with Gasteiger partial charge < -0.3 is 4.74 Å². The molecule has 0 spiro atoms. The number of rotatable bonds is 5. The van der Waals surface area contributed by atoms with Crippen molar-refractivity contribution >= 4 is 16.0 Å². The van der Waals surface area contributed by atoms with Gasteiger partial charge in [0.2, 0.25) is 10.0 Å². The average Bonchev–Trinajstić information content (AvgIpc) is 2.98. The monoisotopic (exact) mass is 377 g/mol. The molecule has 8 heteroatoms. The van der Waals surface area contributed by atoms with Gasteiger partial charge in [-0.25, -0.2) is 13.2 Å². The number of aromatic nitrogens is 2.